The zero-order chi connectivity index (χ0) is 22.1. The third kappa shape index (κ3) is 4.27. The van der Waals surface area contributed by atoms with Gasteiger partial charge in [0.05, 0.1) is 13.2 Å². The number of hydrogen-bond acceptors (Lipinski definition) is 9. The maximum atomic E-state index is 13.0. The minimum atomic E-state index is -3.51. The van der Waals surface area contributed by atoms with Crippen molar-refractivity contribution in [3.05, 3.63) is 41.7 Å². The first-order valence-electron chi connectivity index (χ1n) is 10.7. The van der Waals surface area contributed by atoms with Crippen molar-refractivity contribution < 1.29 is 17.7 Å². The molecule has 4 heterocycles. The van der Waals surface area contributed by atoms with Gasteiger partial charge in [0.1, 0.15) is 17.3 Å². The Morgan fingerprint density at radius 1 is 0.969 bits per heavy atom. The fourth-order valence-corrected chi connectivity index (χ4v) is 5.56. The molecule has 0 aliphatic carbocycles. The summed E-state index contributed by atoms with van der Waals surface area (Å²) in [4.78, 5) is 13.6. The van der Waals surface area contributed by atoms with Gasteiger partial charge in [0.25, 0.3) is 0 Å². The van der Waals surface area contributed by atoms with Gasteiger partial charge in [-0.25, -0.2) is 13.4 Å². The van der Waals surface area contributed by atoms with E-state index in [0.29, 0.717) is 56.6 Å². The van der Waals surface area contributed by atoms with Crippen LogP contribution in [0.3, 0.4) is 0 Å². The molecule has 2 saturated heterocycles. The van der Waals surface area contributed by atoms with Gasteiger partial charge in [-0.3, -0.25) is 0 Å². The van der Waals surface area contributed by atoms with E-state index in [1.54, 1.807) is 6.07 Å². The van der Waals surface area contributed by atoms with Crippen molar-refractivity contribution in [1.82, 2.24) is 19.4 Å². The molecule has 0 saturated carbocycles. The van der Waals surface area contributed by atoms with E-state index < -0.39 is 10.0 Å². The number of rotatable bonds is 5. The smallest absolute Gasteiger partial charge is 0.227 e. The molecule has 3 aromatic rings. The summed E-state index contributed by atoms with van der Waals surface area (Å²) in [6, 6.07) is 9.26. The van der Waals surface area contributed by atoms with E-state index in [9.17, 15) is 8.42 Å². The van der Waals surface area contributed by atoms with E-state index in [4.69, 9.17) is 14.2 Å². The number of para-hydroxylation sites is 1. The molecular weight excluding hydrogens is 432 g/mol. The van der Waals surface area contributed by atoms with Crippen molar-refractivity contribution in [1.29, 1.82) is 0 Å². The molecule has 32 heavy (non-hydrogen) atoms. The van der Waals surface area contributed by atoms with Gasteiger partial charge >= 0.3 is 0 Å². The number of anilines is 2. The van der Waals surface area contributed by atoms with Crippen LogP contribution < -0.4 is 9.80 Å². The average Bonchev–Trinajstić information content (AvgIpc) is 3.21. The van der Waals surface area contributed by atoms with Crippen LogP contribution in [0.25, 0.3) is 11.0 Å². The van der Waals surface area contributed by atoms with Crippen LogP contribution in [-0.4, -0.2) is 80.3 Å². The van der Waals surface area contributed by atoms with Gasteiger partial charge in [0.15, 0.2) is 5.58 Å². The second-order valence-electron chi connectivity index (χ2n) is 8.03. The number of hydrogen-bond donors (Lipinski definition) is 0. The highest BCUT2D eigenvalue weighted by Crippen LogP contribution is 2.24. The molecule has 10 nitrogen and oxygen atoms in total. The lowest BCUT2D eigenvalue weighted by Gasteiger charge is -2.35. The molecule has 2 aliphatic heterocycles. The summed E-state index contributed by atoms with van der Waals surface area (Å²) in [7, 11) is -3.51. The fourth-order valence-electron chi connectivity index (χ4n) is 4.10. The Balaban J connectivity index is 1.27. The Labute approximate surface area is 186 Å². The summed E-state index contributed by atoms with van der Waals surface area (Å²) in [5.41, 5.74) is 1.94. The lowest BCUT2D eigenvalue weighted by Crippen LogP contribution is -2.49. The minimum Gasteiger partial charge on any atom is -0.378 e. The maximum Gasteiger partial charge on any atom is 0.227 e. The first-order chi connectivity index (χ1) is 15.5. The molecule has 0 spiro atoms. The Hall–Kier alpha value is -2.76. The van der Waals surface area contributed by atoms with Gasteiger partial charge in [-0.15, -0.1) is 0 Å². The van der Waals surface area contributed by atoms with Crippen molar-refractivity contribution in [2.75, 3.05) is 62.3 Å². The Kier molecular flexibility index (Phi) is 5.70. The van der Waals surface area contributed by atoms with Crippen molar-refractivity contribution >= 4 is 32.8 Å². The molecule has 0 atom stereocenters. The van der Waals surface area contributed by atoms with Gasteiger partial charge in [0, 0.05) is 56.4 Å². The summed E-state index contributed by atoms with van der Waals surface area (Å²) in [6.07, 6.45) is 0. The zero-order valence-corrected chi connectivity index (χ0v) is 18.8. The fraction of sp³-hybridized carbons (Fsp3) is 0.476. The second-order valence-corrected chi connectivity index (χ2v) is 10.0. The first kappa shape index (κ1) is 21.1. The molecule has 0 N–H and O–H groups in total. The molecule has 5 rings (SSSR count). The molecule has 2 fully saturated rings. The molecule has 0 unspecified atom stereocenters. The van der Waals surface area contributed by atoms with Crippen molar-refractivity contribution in [3.8, 4) is 0 Å². The van der Waals surface area contributed by atoms with E-state index in [0.717, 1.165) is 30.0 Å². The number of aryl methyl sites for hydroxylation is 1. The minimum absolute atomic E-state index is 0.169. The largest absolute Gasteiger partial charge is 0.378 e. The molecular formula is C21H26N6O4S. The number of nitrogens with zero attached hydrogens (tertiary/aromatic N) is 6. The van der Waals surface area contributed by atoms with Crippen LogP contribution in [-0.2, 0) is 20.5 Å². The Morgan fingerprint density at radius 3 is 2.50 bits per heavy atom. The summed E-state index contributed by atoms with van der Waals surface area (Å²) >= 11 is 0. The number of piperazine rings is 1. The van der Waals surface area contributed by atoms with E-state index in [1.165, 1.54) is 4.31 Å². The van der Waals surface area contributed by atoms with Crippen molar-refractivity contribution in [3.63, 3.8) is 0 Å². The van der Waals surface area contributed by atoms with E-state index in [-0.39, 0.29) is 5.75 Å². The highest BCUT2D eigenvalue weighted by atomic mass is 32.2. The zero-order valence-electron chi connectivity index (χ0n) is 18.0. The van der Waals surface area contributed by atoms with Crippen LogP contribution in [0.1, 0.15) is 11.4 Å². The molecule has 2 aliphatic rings. The monoisotopic (exact) mass is 458 g/mol. The van der Waals surface area contributed by atoms with Crippen LogP contribution in [0.15, 0.2) is 34.9 Å². The molecule has 170 valence electrons. The van der Waals surface area contributed by atoms with Crippen molar-refractivity contribution in [2.45, 2.75) is 12.7 Å². The normalized spacial score (nSPS) is 18.4. The van der Waals surface area contributed by atoms with Crippen LogP contribution >= 0.6 is 0 Å². The summed E-state index contributed by atoms with van der Waals surface area (Å²) in [5, 5.41) is 4.72. The quantitative estimate of drug-likeness (QED) is 0.561. The Bertz CT molecular complexity index is 1200. The van der Waals surface area contributed by atoms with Crippen LogP contribution in [0, 0.1) is 6.92 Å². The summed E-state index contributed by atoms with van der Waals surface area (Å²) < 4.78 is 38.3. The second kappa shape index (κ2) is 8.64. The average molecular weight is 459 g/mol. The van der Waals surface area contributed by atoms with Crippen LogP contribution in [0.5, 0.6) is 0 Å². The highest BCUT2D eigenvalue weighted by Gasteiger charge is 2.29. The SMILES string of the molecule is Cc1cc(N2CCN(S(=O)(=O)Cc3noc4ccccc34)CC2)nc(N2CCOCC2)n1. The number of aromatic nitrogens is 3. The lowest BCUT2D eigenvalue weighted by atomic mass is 10.2. The predicted molar refractivity (Wildman–Crippen MR) is 120 cm³/mol. The molecule has 2 aromatic heterocycles. The van der Waals surface area contributed by atoms with E-state index >= 15 is 0 Å². The Morgan fingerprint density at radius 2 is 1.72 bits per heavy atom. The molecule has 1 aromatic carbocycles. The lowest BCUT2D eigenvalue weighted by molar-refractivity contribution is 0.122. The summed E-state index contributed by atoms with van der Waals surface area (Å²) in [6.45, 7) is 6.76. The molecule has 0 bridgehead atoms. The third-order valence-corrected chi connectivity index (χ3v) is 7.64. The molecule has 0 amide bonds. The molecule has 11 heteroatoms. The van der Waals surface area contributed by atoms with Crippen LogP contribution in [0.4, 0.5) is 11.8 Å². The van der Waals surface area contributed by atoms with E-state index in [2.05, 4.69) is 19.9 Å². The van der Waals surface area contributed by atoms with E-state index in [1.807, 2.05) is 31.2 Å². The standard InChI is InChI=1S/C21H26N6O4S/c1-16-14-20(23-21(22-16)26-10-12-30-13-11-26)25-6-8-27(9-7-25)32(28,29)15-18-17-4-2-3-5-19(17)31-24-18/h2-5,14H,6-13,15H2,1H3. The summed E-state index contributed by atoms with van der Waals surface area (Å²) in [5.74, 6) is 1.37. The van der Waals surface area contributed by atoms with Crippen molar-refractivity contribution in [2.24, 2.45) is 0 Å². The molecule has 0 radical (unpaired) electrons. The van der Waals surface area contributed by atoms with Gasteiger partial charge < -0.3 is 19.1 Å². The first-order valence-corrected chi connectivity index (χ1v) is 12.3. The number of ether oxygens (including phenoxy) is 1. The maximum absolute atomic E-state index is 13.0. The number of fused-ring (bicyclic) bond motifs is 1. The van der Waals surface area contributed by atoms with Gasteiger partial charge in [-0.1, -0.05) is 17.3 Å². The highest BCUT2D eigenvalue weighted by molar-refractivity contribution is 7.88. The predicted octanol–water partition coefficient (Wildman–Crippen LogP) is 1.41. The third-order valence-electron chi connectivity index (χ3n) is 5.85. The van der Waals surface area contributed by atoms with Gasteiger partial charge in [-0.05, 0) is 19.1 Å². The number of benzene rings is 1. The van der Waals surface area contributed by atoms with Gasteiger partial charge in [0.2, 0.25) is 16.0 Å². The number of sulfonamides is 1. The van der Waals surface area contributed by atoms with Gasteiger partial charge in [-0.2, -0.15) is 9.29 Å². The number of morpholine rings is 1. The van der Waals surface area contributed by atoms with Crippen LogP contribution in [0.2, 0.25) is 0 Å². The topological polar surface area (TPSA) is 105 Å².